The summed E-state index contributed by atoms with van der Waals surface area (Å²) in [6.07, 6.45) is -2.62. The fraction of sp³-hybridized carbons (Fsp3) is 0.306. The number of carbonyl (C=O) groups excluding carboxylic acids is 3. The number of imide groups is 1. The van der Waals surface area contributed by atoms with Crippen molar-refractivity contribution >= 4 is 40.0 Å². The van der Waals surface area contributed by atoms with Crippen LogP contribution < -0.4 is 15.1 Å². The lowest BCUT2D eigenvalue weighted by Gasteiger charge is -2.35. The number of piperazine rings is 1. The Morgan fingerprint density at radius 3 is 2.37 bits per heavy atom. The molecule has 3 aliphatic heterocycles. The van der Waals surface area contributed by atoms with E-state index < -0.39 is 23.8 Å². The van der Waals surface area contributed by atoms with Gasteiger partial charge in [0.15, 0.2) is 11.5 Å². The highest BCUT2D eigenvalue weighted by Gasteiger charge is 2.41. The normalized spacial score (nSPS) is 18.2. The molecule has 1 N–H and O–H groups in total. The van der Waals surface area contributed by atoms with E-state index in [-0.39, 0.29) is 24.1 Å². The molecule has 1 atom stereocenters. The maximum absolute atomic E-state index is 13.5. The van der Waals surface area contributed by atoms with Gasteiger partial charge in [0.25, 0.3) is 5.91 Å². The number of hydrogen-bond donors (Lipinski definition) is 1. The van der Waals surface area contributed by atoms with Gasteiger partial charge in [-0.2, -0.15) is 13.2 Å². The topological polar surface area (TPSA) is 129 Å². The van der Waals surface area contributed by atoms with Gasteiger partial charge in [0.1, 0.15) is 17.7 Å². The number of halogens is 3. The molecule has 15 heteroatoms. The fourth-order valence-corrected chi connectivity index (χ4v) is 7.16. The standard InChI is InChI=1S/C36H32F3N9O3/c1-21-40-30(18-31(41-21)47-20-29(43-44-47)36(37,38)39)46-15-13-45(14-16-46)19-23-7-5-22(6-8-23)17-24-9-10-27-33-25(24)3-2-4-26(33)35(51)48(27)28-11-12-32(49)42-34(28)50/h2-10,18,20,28H,11-17,19H2,1H3,(H,42,49,50). The van der Waals surface area contributed by atoms with Crippen LogP contribution in [-0.4, -0.2) is 79.8 Å². The van der Waals surface area contributed by atoms with Crippen molar-refractivity contribution in [1.82, 2.24) is 35.2 Å². The van der Waals surface area contributed by atoms with Gasteiger partial charge in [-0.15, -0.1) is 5.10 Å². The lowest BCUT2D eigenvalue weighted by atomic mass is 9.95. The van der Waals surface area contributed by atoms with Crippen LogP contribution in [0, 0.1) is 6.92 Å². The molecule has 51 heavy (non-hydrogen) atoms. The predicted molar refractivity (Wildman–Crippen MR) is 180 cm³/mol. The number of amides is 3. The van der Waals surface area contributed by atoms with Crippen LogP contribution in [0.25, 0.3) is 16.6 Å². The van der Waals surface area contributed by atoms with E-state index in [0.717, 1.165) is 52.4 Å². The van der Waals surface area contributed by atoms with Gasteiger partial charge in [0, 0.05) is 56.2 Å². The first kappa shape index (κ1) is 32.5. The maximum Gasteiger partial charge on any atom is 0.436 e. The van der Waals surface area contributed by atoms with Gasteiger partial charge < -0.3 is 4.90 Å². The van der Waals surface area contributed by atoms with Crippen molar-refractivity contribution in [1.29, 1.82) is 0 Å². The molecule has 3 amide bonds. The monoisotopic (exact) mass is 695 g/mol. The summed E-state index contributed by atoms with van der Waals surface area (Å²) < 4.78 is 40.2. The van der Waals surface area contributed by atoms with Crippen molar-refractivity contribution in [2.75, 3.05) is 36.0 Å². The molecule has 5 heterocycles. The summed E-state index contributed by atoms with van der Waals surface area (Å²) in [4.78, 5) is 52.6. The quantitative estimate of drug-likeness (QED) is 0.249. The van der Waals surface area contributed by atoms with Crippen LogP contribution in [-0.2, 0) is 28.7 Å². The highest BCUT2D eigenvalue weighted by Crippen LogP contribution is 2.41. The lowest BCUT2D eigenvalue weighted by Crippen LogP contribution is -2.53. The van der Waals surface area contributed by atoms with Crippen LogP contribution in [0.3, 0.4) is 0 Å². The third kappa shape index (κ3) is 6.17. The molecule has 0 radical (unpaired) electrons. The Hall–Kier alpha value is -5.70. The van der Waals surface area contributed by atoms with E-state index in [2.05, 4.69) is 59.7 Å². The van der Waals surface area contributed by atoms with E-state index in [1.807, 2.05) is 24.3 Å². The van der Waals surface area contributed by atoms with E-state index in [1.54, 1.807) is 24.0 Å². The number of aromatic nitrogens is 5. The number of carbonyl (C=O) groups is 3. The van der Waals surface area contributed by atoms with Gasteiger partial charge >= 0.3 is 6.18 Å². The number of aryl methyl sites for hydroxylation is 1. The second kappa shape index (κ2) is 12.6. The predicted octanol–water partition coefficient (Wildman–Crippen LogP) is 4.22. The molecule has 260 valence electrons. The Morgan fingerprint density at radius 1 is 0.902 bits per heavy atom. The molecule has 0 saturated carbocycles. The number of anilines is 2. The average molecular weight is 696 g/mol. The Bertz CT molecular complexity index is 2190. The van der Waals surface area contributed by atoms with Crippen LogP contribution in [0.5, 0.6) is 0 Å². The first-order valence-electron chi connectivity index (χ1n) is 16.6. The Labute approximate surface area is 289 Å². The lowest BCUT2D eigenvalue weighted by molar-refractivity contribution is -0.141. The molecule has 12 nitrogen and oxygen atoms in total. The molecule has 2 fully saturated rings. The third-order valence-corrected chi connectivity index (χ3v) is 9.69. The van der Waals surface area contributed by atoms with E-state index in [0.29, 0.717) is 48.8 Å². The number of benzene rings is 3. The summed E-state index contributed by atoms with van der Waals surface area (Å²) >= 11 is 0. The summed E-state index contributed by atoms with van der Waals surface area (Å²) in [6.45, 7) is 5.38. The maximum atomic E-state index is 13.5. The fourth-order valence-electron chi connectivity index (χ4n) is 7.16. The van der Waals surface area contributed by atoms with E-state index >= 15 is 0 Å². The van der Waals surface area contributed by atoms with Crippen LogP contribution in [0.1, 0.15) is 51.4 Å². The number of nitrogens with zero attached hydrogens (tertiary/aromatic N) is 8. The molecule has 0 bridgehead atoms. The summed E-state index contributed by atoms with van der Waals surface area (Å²) in [6, 6.07) is 19.0. The second-order valence-electron chi connectivity index (χ2n) is 13.0. The number of rotatable bonds is 7. The minimum absolute atomic E-state index is 0.194. The first-order chi connectivity index (χ1) is 24.5. The van der Waals surface area contributed by atoms with Crippen molar-refractivity contribution in [3.63, 3.8) is 0 Å². The van der Waals surface area contributed by atoms with E-state index in [1.165, 1.54) is 5.56 Å². The Balaban J connectivity index is 0.916. The minimum Gasteiger partial charge on any atom is -0.354 e. The van der Waals surface area contributed by atoms with Gasteiger partial charge in [-0.3, -0.25) is 29.5 Å². The number of hydrogen-bond acceptors (Lipinski definition) is 9. The Kier molecular flexibility index (Phi) is 8.01. The third-order valence-electron chi connectivity index (χ3n) is 9.69. The number of piperidine rings is 1. The highest BCUT2D eigenvalue weighted by atomic mass is 19.4. The van der Waals surface area contributed by atoms with Gasteiger partial charge in [-0.25, -0.2) is 14.6 Å². The van der Waals surface area contributed by atoms with Crippen LogP contribution in [0.15, 0.2) is 66.9 Å². The largest absolute Gasteiger partial charge is 0.436 e. The molecular weight excluding hydrogens is 663 g/mol. The molecular formula is C36H32F3N9O3. The van der Waals surface area contributed by atoms with Crippen molar-refractivity contribution in [3.05, 3.63) is 101 Å². The van der Waals surface area contributed by atoms with Crippen molar-refractivity contribution < 1.29 is 27.6 Å². The average Bonchev–Trinajstić information content (AvgIpc) is 3.72. The molecule has 2 saturated heterocycles. The molecule has 3 aliphatic rings. The van der Waals surface area contributed by atoms with Crippen LogP contribution in [0.2, 0.25) is 0 Å². The molecule has 0 spiro atoms. The van der Waals surface area contributed by atoms with Crippen molar-refractivity contribution in [3.8, 4) is 5.82 Å². The number of nitrogens with one attached hydrogen (secondary N) is 1. The Morgan fingerprint density at radius 2 is 1.65 bits per heavy atom. The molecule has 3 aromatic carbocycles. The molecule has 2 aromatic heterocycles. The van der Waals surface area contributed by atoms with Gasteiger partial charge in [0.2, 0.25) is 11.8 Å². The zero-order valence-corrected chi connectivity index (χ0v) is 27.5. The molecule has 0 aliphatic carbocycles. The summed E-state index contributed by atoms with van der Waals surface area (Å²) in [5.41, 5.74) is 3.55. The van der Waals surface area contributed by atoms with E-state index in [4.69, 9.17) is 0 Å². The zero-order chi connectivity index (χ0) is 35.4. The second-order valence-corrected chi connectivity index (χ2v) is 13.0. The number of alkyl halides is 3. The van der Waals surface area contributed by atoms with E-state index in [9.17, 15) is 27.6 Å². The minimum atomic E-state index is -4.59. The summed E-state index contributed by atoms with van der Waals surface area (Å²) in [7, 11) is 0. The smallest absolute Gasteiger partial charge is 0.354 e. The highest BCUT2D eigenvalue weighted by molar-refractivity contribution is 6.27. The summed E-state index contributed by atoms with van der Waals surface area (Å²) in [5, 5.41) is 11.0. The van der Waals surface area contributed by atoms with Gasteiger partial charge in [-0.1, -0.05) is 47.7 Å². The van der Waals surface area contributed by atoms with Crippen molar-refractivity contribution in [2.24, 2.45) is 0 Å². The van der Waals surface area contributed by atoms with Crippen molar-refractivity contribution in [2.45, 2.75) is 44.9 Å². The van der Waals surface area contributed by atoms with Gasteiger partial charge in [-0.05, 0) is 54.0 Å². The zero-order valence-electron chi connectivity index (χ0n) is 27.5. The van der Waals surface area contributed by atoms with Crippen LogP contribution >= 0.6 is 0 Å². The molecule has 8 rings (SSSR count). The molecule has 5 aromatic rings. The first-order valence-corrected chi connectivity index (χ1v) is 16.6. The van der Waals surface area contributed by atoms with Gasteiger partial charge in [0.05, 0.1) is 11.9 Å². The SMILES string of the molecule is Cc1nc(N2CCN(Cc3ccc(Cc4ccc5c6c(cccc46)C(=O)N5C4CCC(=O)NC4=O)cc3)CC2)cc(-n2cc(C(F)(F)F)nn2)n1. The summed E-state index contributed by atoms with van der Waals surface area (Å²) in [5.74, 6) is 0.289. The molecule has 1 unspecified atom stereocenters. The van der Waals surface area contributed by atoms with Crippen LogP contribution in [0.4, 0.5) is 24.7 Å².